The number of carbonyl (C=O) groups is 2. The highest BCUT2D eigenvalue weighted by atomic mass is 16.7. The minimum absolute atomic E-state index is 0.0350. The zero-order valence-electron chi connectivity index (χ0n) is 15.8. The van der Waals surface area contributed by atoms with Crippen molar-refractivity contribution >= 4 is 23.7 Å². The van der Waals surface area contributed by atoms with Gasteiger partial charge in [-0.2, -0.15) is 0 Å². The molecule has 0 saturated carbocycles. The molecule has 0 unspecified atom stereocenters. The number of furan rings is 1. The molecule has 8 nitrogen and oxygen atoms in total. The molecule has 1 aliphatic heterocycles. The topological polar surface area (TPSA) is 109 Å². The zero-order chi connectivity index (χ0) is 20.7. The number of ether oxygens (including phenoxy) is 2. The third kappa shape index (κ3) is 3.53. The molecule has 3 rings (SSSR count). The van der Waals surface area contributed by atoms with E-state index in [2.05, 4.69) is 0 Å². The number of nitro benzene ring substituents is 1. The van der Waals surface area contributed by atoms with Crippen LogP contribution in [0.4, 0.5) is 5.69 Å². The van der Waals surface area contributed by atoms with Crippen molar-refractivity contribution in [3.8, 4) is 11.3 Å². The van der Waals surface area contributed by atoms with Crippen molar-refractivity contribution in [3.63, 3.8) is 0 Å². The molecular formula is C20H19NO7. The number of esters is 2. The van der Waals surface area contributed by atoms with Gasteiger partial charge in [0.25, 0.3) is 11.5 Å². The molecule has 2 heterocycles. The lowest BCUT2D eigenvalue weighted by Gasteiger charge is -2.42. The molecule has 28 heavy (non-hydrogen) atoms. The third-order valence-electron chi connectivity index (χ3n) is 4.65. The van der Waals surface area contributed by atoms with Gasteiger partial charge in [0.1, 0.15) is 17.1 Å². The van der Waals surface area contributed by atoms with Crippen molar-refractivity contribution in [2.75, 3.05) is 0 Å². The molecule has 146 valence electrons. The molecule has 0 aliphatic carbocycles. The molecule has 1 aromatic carbocycles. The zero-order valence-corrected chi connectivity index (χ0v) is 15.8. The lowest BCUT2D eigenvalue weighted by Crippen LogP contribution is -2.52. The fourth-order valence-electron chi connectivity index (χ4n) is 2.47. The lowest BCUT2D eigenvalue weighted by molar-refractivity contribution is -0.384. The van der Waals surface area contributed by atoms with Crippen LogP contribution in [0.3, 0.4) is 0 Å². The van der Waals surface area contributed by atoms with Crippen LogP contribution in [0.5, 0.6) is 0 Å². The van der Waals surface area contributed by atoms with Gasteiger partial charge in [0.05, 0.1) is 4.92 Å². The second kappa shape index (κ2) is 6.63. The van der Waals surface area contributed by atoms with E-state index in [4.69, 9.17) is 13.9 Å². The van der Waals surface area contributed by atoms with Gasteiger partial charge in [0.2, 0.25) is 0 Å². The van der Waals surface area contributed by atoms with Crippen molar-refractivity contribution in [1.82, 2.24) is 0 Å². The van der Waals surface area contributed by atoms with E-state index in [0.717, 1.165) is 0 Å². The van der Waals surface area contributed by atoms with Gasteiger partial charge in [-0.25, -0.2) is 9.59 Å². The van der Waals surface area contributed by atoms with E-state index < -0.39 is 28.1 Å². The molecule has 2 aromatic rings. The normalized spacial score (nSPS) is 19.8. The van der Waals surface area contributed by atoms with Gasteiger partial charge in [-0.15, -0.1) is 0 Å². The first kappa shape index (κ1) is 19.3. The Morgan fingerprint density at radius 3 is 2.07 bits per heavy atom. The number of rotatable bonds is 3. The van der Waals surface area contributed by atoms with Crippen LogP contribution in [0.1, 0.15) is 33.5 Å². The van der Waals surface area contributed by atoms with Crippen LogP contribution in [0.15, 0.2) is 46.4 Å². The van der Waals surface area contributed by atoms with Crippen molar-refractivity contribution in [2.45, 2.75) is 33.5 Å². The summed E-state index contributed by atoms with van der Waals surface area (Å²) < 4.78 is 16.4. The van der Waals surface area contributed by atoms with Crippen molar-refractivity contribution < 1.29 is 28.4 Å². The third-order valence-corrected chi connectivity index (χ3v) is 4.65. The Hall–Kier alpha value is -3.42. The summed E-state index contributed by atoms with van der Waals surface area (Å²) in [4.78, 5) is 34.9. The highest BCUT2D eigenvalue weighted by Crippen LogP contribution is 2.39. The maximum atomic E-state index is 12.4. The van der Waals surface area contributed by atoms with Gasteiger partial charge in [-0.05, 0) is 24.3 Å². The minimum atomic E-state index is -1.37. The van der Waals surface area contributed by atoms with E-state index in [1.54, 1.807) is 52.0 Å². The highest BCUT2D eigenvalue weighted by Gasteiger charge is 2.50. The average Bonchev–Trinajstić information content (AvgIpc) is 3.06. The SMILES string of the molecule is CC(C)(C)C1(C)OC(=O)C(=Cc2ccc(-c3ccc([N+](=O)[O-])cc3)o2)C(=O)O1. The van der Waals surface area contributed by atoms with Crippen LogP contribution in [-0.4, -0.2) is 22.6 Å². The van der Waals surface area contributed by atoms with Crippen molar-refractivity contribution in [3.05, 3.63) is 57.8 Å². The Labute approximate surface area is 160 Å². The summed E-state index contributed by atoms with van der Waals surface area (Å²) in [5.41, 5.74) is -0.291. The molecule has 0 bridgehead atoms. The van der Waals surface area contributed by atoms with Crippen LogP contribution in [0.2, 0.25) is 0 Å². The van der Waals surface area contributed by atoms with Gasteiger partial charge in [0.15, 0.2) is 0 Å². The Kier molecular flexibility index (Phi) is 4.58. The van der Waals surface area contributed by atoms with Gasteiger partial charge in [0, 0.05) is 36.1 Å². The van der Waals surface area contributed by atoms with Gasteiger partial charge in [-0.1, -0.05) is 20.8 Å². The van der Waals surface area contributed by atoms with Crippen molar-refractivity contribution in [1.29, 1.82) is 0 Å². The first-order valence-electron chi connectivity index (χ1n) is 8.53. The molecule has 0 radical (unpaired) electrons. The minimum Gasteiger partial charge on any atom is -0.457 e. The van der Waals surface area contributed by atoms with Gasteiger partial charge in [-0.3, -0.25) is 10.1 Å². The predicted octanol–water partition coefficient (Wildman–Crippen LogP) is 4.10. The summed E-state index contributed by atoms with van der Waals surface area (Å²) >= 11 is 0. The summed E-state index contributed by atoms with van der Waals surface area (Å²) in [6, 6.07) is 9.02. The molecule has 0 atom stereocenters. The number of non-ortho nitro benzene ring substituents is 1. The maximum absolute atomic E-state index is 12.4. The number of benzene rings is 1. The average molecular weight is 385 g/mol. The molecule has 0 spiro atoms. The Morgan fingerprint density at radius 2 is 1.57 bits per heavy atom. The molecule has 8 heteroatoms. The van der Waals surface area contributed by atoms with E-state index in [1.807, 2.05) is 0 Å². The lowest BCUT2D eigenvalue weighted by atomic mass is 9.86. The Morgan fingerprint density at radius 1 is 1.00 bits per heavy atom. The largest absolute Gasteiger partial charge is 0.457 e. The number of carbonyl (C=O) groups excluding carboxylic acids is 2. The summed E-state index contributed by atoms with van der Waals surface area (Å²) in [5.74, 6) is -2.27. The first-order valence-corrected chi connectivity index (χ1v) is 8.53. The number of hydrogen-bond donors (Lipinski definition) is 0. The van der Waals surface area contributed by atoms with E-state index in [-0.39, 0.29) is 17.0 Å². The predicted molar refractivity (Wildman–Crippen MR) is 98.8 cm³/mol. The van der Waals surface area contributed by atoms with E-state index in [9.17, 15) is 19.7 Å². The fourth-order valence-corrected chi connectivity index (χ4v) is 2.47. The Balaban J connectivity index is 1.84. The standard InChI is InChI=1S/C20H19NO7/c1-19(2,3)20(4)27-17(22)15(18(23)28-20)11-14-9-10-16(26-14)12-5-7-13(8-6-12)21(24)25/h5-11H,1-4H3. The molecule has 1 saturated heterocycles. The van der Waals surface area contributed by atoms with E-state index in [1.165, 1.54) is 18.2 Å². The summed E-state index contributed by atoms with van der Waals surface area (Å²) in [5, 5.41) is 10.7. The van der Waals surface area contributed by atoms with Crippen LogP contribution in [0.25, 0.3) is 17.4 Å². The van der Waals surface area contributed by atoms with E-state index in [0.29, 0.717) is 11.3 Å². The molecule has 1 fully saturated rings. The summed E-state index contributed by atoms with van der Waals surface area (Å²) in [7, 11) is 0. The molecule has 0 amide bonds. The second-order valence-electron chi connectivity index (χ2n) is 7.54. The quantitative estimate of drug-likeness (QED) is 0.257. The van der Waals surface area contributed by atoms with Crippen LogP contribution < -0.4 is 0 Å². The molecule has 1 aromatic heterocycles. The van der Waals surface area contributed by atoms with Crippen LogP contribution in [0, 0.1) is 15.5 Å². The summed E-state index contributed by atoms with van der Waals surface area (Å²) in [6.45, 7) is 6.93. The number of hydrogen-bond acceptors (Lipinski definition) is 7. The van der Waals surface area contributed by atoms with Gasteiger partial charge >= 0.3 is 11.9 Å². The number of nitro groups is 1. The molecular weight excluding hydrogens is 366 g/mol. The van der Waals surface area contributed by atoms with Crippen molar-refractivity contribution in [2.24, 2.45) is 5.41 Å². The molecule has 0 N–H and O–H groups in total. The molecule has 1 aliphatic rings. The Bertz CT molecular complexity index is 957. The summed E-state index contributed by atoms with van der Waals surface area (Å²) in [6.07, 6.45) is 1.25. The highest BCUT2D eigenvalue weighted by molar-refractivity contribution is 6.18. The first-order chi connectivity index (χ1) is 13.0. The maximum Gasteiger partial charge on any atom is 0.349 e. The van der Waals surface area contributed by atoms with Crippen LogP contribution in [-0.2, 0) is 19.1 Å². The number of cyclic esters (lactones) is 2. The van der Waals surface area contributed by atoms with E-state index >= 15 is 0 Å². The fraction of sp³-hybridized carbons (Fsp3) is 0.300. The van der Waals surface area contributed by atoms with Gasteiger partial charge < -0.3 is 13.9 Å². The monoisotopic (exact) mass is 385 g/mol. The smallest absolute Gasteiger partial charge is 0.349 e. The number of nitrogens with zero attached hydrogens (tertiary/aromatic N) is 1. The second-order valence-corrected chi connectivity index (χ2v) is 7.54. The van der Waals surface area contributed by atoms with Crippen LogP contribution >= 0.6 is 0 Å².